The zero-order valence-corrected chi connectivity index (χ0v) is 20.8. The number of hydrazone groups is 2. The average molecular weight is 431 g/mol. The maximum absolute atomic E-state index is 11.6. The number of carbonyl (C=O) groups excluding carboxylic acids is 2. The van der Waals surface area contributed by atoms with E-state index < -0.39 is 28.3 Å². The zero-order valence-electron chi connectivity index (χ0n) is 18.8. The second-order valence-electron chi connectivity index (χ2n) is 9.31. The van der Waals surface area contributed by atoms with Crippen LogP contribution in [0.1, 0.15) is 26.7 Å². The number of ether oxygens (including phenoxy) is 2. The second-order valence-corrected chi connectivity index (χ2v) is 20.6. The Morgan fingerprint density at radius 1 is 0.714 bits per heavy atom. The van der Waals surface area contributed by atoms with Crippen LogP contribution in [0.4, 0.5) is 9.59 Å². The predicted molar refractivity (Wildman–Crippen MR) is 121 cm³/mol. The molecule has 162 valence electrons. The fraction of sp³-hybridized carbons (Fsp3) is 0.778. The number of hydrogen-bond acceptors (Lipinski definition) is 6. The molecule has 2 N–H and O–H groups in total. The summed E-state index contributed by atoms with van der Waals surface area (Å²) in [5, 5.41) is 8.02. The van der Waals surface area contributed by atoms with E-state index in [1.54, 1.807) is 0 Å². The largest absolute Gasteiger partial charge is 0.449 e. The van der Waals surface area contributed by atoms with Gasteiger partial charge in [0.05, 0.1) is 13.2 Å². The summed E-state index contributed by atoms with van der Waals surface area (Å²) in [4.78, 5) is 23.2. The van der Waals surface area contributed by atoms with Crippen LogP contribution in [0.25, 0.3) is 0 Å². The molecule has 0 aliphatic heterocycles. The third-order valence-electron chi connectivity index (χ3n) is 3.70. The molecule has 0 aromatic rings. The first-order chi connectivity index (χ1) is 12.8. The van der Waals surface area contributed by atoms with Crippen molar-refractivity contribution in [3.63, 3.8) is 0 Å². The van der Waals surface area contributed by atoms with Gasteiger partial charge in [-0.3, -0.25) is 0 Å². The average Bonchev–Trinajstić information content (AvgIpc) is 2.54. The summed E-state index contributed by atoms with van der Waals surface area (Å²) in [5.74, 6) is 0. The Hall–Kier alpha value is -1.69. The van der Waals surface area contributed by atoms with Crippen LogP contribution >= 0.6 is 0 Å². The van der Waals surface area contributed by atoms with E-state index >= 15 is 0 Å². The Morgan fingerprint density at radius 3 is 1.32 bits per heavy atom. The second kappa shape index (κ2) is 12.7. The SMILES string of the molecule is C/C(CC/C(C)=N/NC(=O)OCC[Si](C)(C)C)=N\NC(=O)OCC[Si](C)(C)C. The molecule has 0 aliphatic carbocycles. The lowest BCUT2D eigenvalue weighted by Crippen LogP contribution is -2.26. The van der Waals surface area contributed by atoms with Gasteiger partial charge in [0, 0.05) is 27.6 Å². The van der Waals surface area contributed by atoms with Crippen LogP contribution in [0, 0.1) is 0 Å². The van der Waals surface area contributed by atoms with E-state index in [1.165, 1.54) is 0 Å². The van der Waals surface area contributed by atoms with E-state index in [9.17, 15) is 9.59 Å². The van der Waals surface area contributed by atoms with Crippen molar-refractivity contribution in [1.29, 1.82) is 0 Å². The van der Waals surface area contributed by atoms with Gasteiger partial charge in [0.2, 0.25) is 0 Å². The first kappa shape index (κ1) is 26.3. The fourth-order valence-corrected chi connectivity index (χ4v) is 3.15. The number of rotatable bonds is 11. The lowest BCUT2D eigenvalue weighted by Gasteiger charge is -2.15. The molecule has 0 aromatic carbocycles. The Morgan fingerprint density at radius 2 is 1.04 bits per heavy atom. The van der Waals surface area contributed by atoms with Crippen molar-refractivity contribution < 1.29 is 19.1 Å². The van der Waals surface area contributed by atoms with Gasteiger partial charge in [-0.15, -0.1) is 0 Å². The number of amides is 2. The number of nitrogens with zero attached hydrogens (tertiary/aromatic N) is 2. The van der Waals surface area contributed by atoms with Gasteiger partial charge in [-0.05, 0) is 38.8 Å². The van der Waals surface area contributed by atoms with Gasteiger partial charge in [0.15, 0.2) is 0 Å². The van der Waals surface area contributed by atoms with Crippen LogP contribution in [0.5, 0.6) is 0 Å². The lowest BCUT2D eigenvalue weighted by molar-refractivity contribution is 0.151. The van der Waals surface area contributed by atoms with Crippen molar-refractivity contribution >= 4 is 39.8 Å². The summed E-state index contributed by atoms with van der Waals surface area (Å²) in [6, 6.07) is 1.85. The van der Waals surface area contributed by atoms with Crippen molar-refractivity contribution in [2.75, 3.05) is 13.2 Å². The van der Waals surface area contributed by atoms with Crippen molar-refractivity contribution in [3.8, 4) is 0 Å². The molecule has 0 saturated heterocycles. The van der Waals surface area contributed by atoms with E-state index in [1.807, 2.05) is 13.8 Å². The molecule has 0 bridgehead atoms. The number of hydrogen-bond donors (Lipinski definition) is 2. The summed E-state index contributed by atoms with van der Waals surface area (Å²) in [5.41, 5.74) is 6.28. The summed E-state index contributed by atoms with van der Waals surface area (Å²) in [6.07, 6.45) is 0.143. The van der Waals surface area contributed by atoms with Crippen molar-refractivity contribution in [2.24, 2.45) is 10.2 Å². The van der Waals surface area contributed by atoms with Crippen molar-refractivity contribution in [1.82, 2.24) is 10.9 Å². The van der Waals surface area contributed by atoms with Gasteiger partial charge in [0.1, 0.15) is 0 Å². The molecule has 0 rings (SSSR count). The molecule has 2 amide bonds. The van der Waals surface area contributed by atoms with Gasteiger partial charge in [0.25, 0.3) is 0 Å². The molecule has 0 atom stereocenters. The van der Waals surface area contributed by atoms with Gasteiger partial charge in [-0.1, -0.05) is 39.3 Å². The normalized spacial score (nSPS) is 13.1. The first-order valence-electron chi connectivity index (χ1n) is 9.70. The molecule has 0 saturated carbocycles. The highest BCUT2D eigenvalue weighted by molar-refractivity contribution is 6.76. The van der Waals surface area contributed by atoms with Gasteiger partial charge >= 0.3 is 12.2 Å². The van der Waals surface area contributed by atoms with Crippen molar-refractivity contribution in [2.45, 2.75) is 78.1 Å². The summed E-state index contributed by atoms with van der Waals surface area (Å²) >= 11 is 0. The smallest absolute Gasteiger partial charge is 0.427 e. The maximum Gasteiger partial charge on any atom is 0.427 e. The molecule has 0 unspecified atom stereocenters. The quantitative estimate of drug-likeness (QED) is 0.283. The number of nitrogens with one attached hydrogen (secondary N) is 2. The Kier molecular flexibility index (Phi) is 11.9. The van der Waals surface area contributed by atoms with Gasteiger partial charge in [-0.2, -0.15) is 10.2 Å². The highest BCUT2D eigenvalue weighted by Crippen LogP contribution is 2.08. The van der Waals surface area contributed by atoms with Crippen LogP contribution in [-0.2, 0) is 9.47 Å². The third kappa shape index (κ3) is 17.7. The standard InChI is InChI=1S/C18H38N4O4Si2/c1-15(19-21-17(23)25-11-13-27(3,4)5)9-10-16(2)20-22-18(24)26-12-14-28(6,7)8/h9-14H2,1-8H3,(H,21,23)(H,22,24)/b19-15+,20-16+. The van der Waals surface area contributed by atoms with Crippen LogP contribution in [0.15, 0.2) is 10.2 Å². The monoisotopic (exact) mass is 430 g/mol. The third-order valence-corrected chi connectivity index (χ3v) is 7.10. The van der Waals surface area contributed by atoms with E-state index in [0.29, 0.717) is 26.1 Å². The van der Waals surface area contributed by atoms with Gasteiger partial charge < -0.3 is 9.47 Å². The maximum atomic E-state index is 11.6. The van der Waals surface area contributed by atoms with E-state index in [4.69, 9.17) is 9.47 Å². The topological polar surface area (TPSA) is 101 Å². The molecular formula is C18H38N4O4Si2. The molecule has 0 spiro atoms. The van der Waals surface area contributed by atoms with Crippen LogP contribution in [0.3, 0.4) is 0 Å². The molecule has 0 aromatic heterocycles. The predicted octanol–water partition coefficient (Wildman–Crippen LogP) is 4.65. The van der Waals surface area contributed by atoms with E-state index in [0.717, 1.165) is 23.5 Å². The highest BCUT2D eigenvalue weighted by Gasteiger charge is 2.14. The lowest BCUT2D eigenvalue weighted by atomic mass is 10.2. The minimum Gasteiger partial charge on any atom is -0.449 e. The highest BCUT2D eigenvalue weighted by atomic mass is 28.3. The summed E-state index contributed by atoms with van der Waals surface area (Å²) in [6.45, 7) is 17.8. The fourth-order valence-electron chi connectivity index (χ4n) is 1.72. The molecule has 8 nitrogen and oxygen atoms in total. The van der Waals surface area contributed by atoms with Crippen LogP contribution < -0.4 is 10.9 Å². The first-order valence-corrected chi connectivity index (χ1v) is 17.1. The Balaban J connectivity index is 4.06. The van der Waals surface area contributed by atoms with E-state index in [-0.39, 0.29) is 0 Å². The number of carbonyl (C=O) groups is 2. The van der Waals surface area contributed by atoms with Crippen molar-refractivity contribution in [3.05, 3.63) is 0 Å². The Bertz CT molecular complexity index is 517. The molecule has 28 heavy (non-hydrogen) atoms. The molecule has 0 fully saturated rings. The minimum absolute atomic E-state index is 0.418. The molecule has 10 heteroatoms. The van der Waals surface area contributed by atoms with Crippen LogP contribution in [-0.4, -0.2) is 53.0 Å². The summed E-state index contributed by atoms with van der Waals surface area (Å²) < 4.78 is 10.2. The summed E-state index contributed by atoms with van der Waals surface area (Å²) in [7, 11) is -2.44. The Labute approximate surface area is 171 Å². The molecule has 0 heterocycles. The molecule has 0 radical (unpaired) electrons. The molecular weight excluding hydrogens is 392 g/mol. The van der Waals surface area contributed by atoms with Gasteiger partial charge in [-0.25, -0.2) is 20.4 Å². The molecule has 0 aliphatic rings. The van der Waals surface area contributed by atoms with E-state index in [2.05, 4.69) is 60.3 Å². The van der Waals surface area contributed by atoms with Crippen LogP contribution in [0.2, 0.25) is 51.4 Å². The minimum atomic E-state index is -1.22. The zero-order chi connectivity index (χ0) is 21.8.